The Labute approximate surface area is 114 Å². The van der Waals surface area contributed by atoms with Gasteiger partial charge in [-0.25, -0.2) is 0 Å². The van der Waals surface area contributed by atoms with E-state index in [9.17, 15) is 0 Å². The van der Waals surface area contributed by atoms with E-state index in [2.05, 4.69) is 56.1 Å². The molecule has 3 heteroatoms. The molecule has 0 bridgehead atoms. The number of rotatable bonds is 5. The summed E-state index contributed by atoms with van der Waals surface area (Å²) < 4.78 is 0.947. The summed E-state index contributed by atoms with van der Waals surface area (Å²) in [6, 6.07) is 8.27. The van der Waals surface area contributed by atoms with Crippen molar-refractivity contribution in [3.63, 3.8) is 0 Å². The van der Waals surface area contributed by atoms with Crippen molar-refractivity contribution >= 4 is 44.0 Å². The summed E-state index contributed by atoms with van der Waals surface area (Å²) in [6.07, 6.45) is 8.43. The normalized spacial score (nSPS) is 10.7. The SMILES string of the molecule is NCCCC=Cc1ccccc1C=C(Br)Br. The third-order valence-corrected chi connectivity index (χ3v) is 2.59. The van der Waals surface area contributed by atoms with Gasteiger partial charge in [0.1, 0.15) is 0 Å². The zero-order chi connectivity index (χ0) is 11.8. The van der Waals surface area contributed by atoms with E-state index in [0.29, 0.717) is 0 Å². The molecule has 0 unspecified atom stereocenters. The molecule has 0 radical (unpaired) electrons. The minimum Gasteiger partial charge on any atom is -0.330 e. The van der Waals surface area contributed by atoms with Crippen molar-refractivity contribution in [3.8, 4) is 0 Å². The quantitative estimate of drug-likeness (QED) is 0.780. The Balaban J connectivity index is 2.79. The molecule has 0 saturated heterocycles. The summed E-state index contributed by atoms with van der Waals surface area (Å²) in [5.74, 6) is 0. The van der Waals surface area contributed by atoms with E-state index in [1.54, 1.807) is 0 Å². The lowest BCUT2D eigenvalue weighted by Crippen LogP contribution is -1.96. The number of hydrogen-bond acceptors (Lipinski definition) is 1. The molecule has 16 heavy (non-hydrogen) atoms. The minimum absolute atomic E-state index is 0.749. The van der Waals surface area contributed by atoms with Crippen molar-refractivity contribution in [3.05, 3.63) is 44.9 Å². The summed E-state index contributed by atoms with van der Waals surface area (Å²) in [5, 5.41) is 0. The molecule has 1 aromatic rings. The topological polar surface area (TPSA) is 26.0 Å². The van der Waals surface area contributed by atoms with Crippen LogP contribution >= 0.6 is 31.9 Å². The highest BCUT2D eigenvalue weighted by Gasteiger charge is 1.95. The van der Waals surface area contributed by atoms with E-state index in [0.717, 1.165) is 22.8 Å². The van der Waals surface area contributed by atoms with Gasteiger partial charge in [-0.15, -0.1) is 0 Å². The van der Waals surface area contributed by atoms with Gasteiger partial charge in [-0.05, 0) is 68.4 Å². The van der Waals surface area contributed by atoms with E-state index >= 15 is 0 Å². The van der Waals surface area contributed by atoms with Crippen LogP contribution in [0.5, 0.6) is 0 Å². The smallest absolute Gasteiger partial charge is 0.0610 e. The van der Waals surface area contributed by atoms with Gasteiger partial charge in [0.2, 0.25) is 0 Å². The molecule has 1 rings (SSSR count). The third-order valence-electron chi connectivity index (χ3n) is 2.13. The van der Waals surface area contributed by atoms with Crippen LogP contribution in [0.3, 0.4) is 0 Å². The van der Waals surface area contributed by atoms with Crippen LogP contribution in [0, 0.1) is 0 Å². The molecule has 0 amide bonds. The molecule has 0 aromatic heterocycles. The fourth-order valence-electron chi connectivity index (χ4n) is 1.36. The van der Waals surface area contributed by atoms with Crippen LogP contribution in [0.15, 0.2) is 33.7 Å². The van der Waals surface area contributed by atoms with Crippen LogP contribution < -0.4 is 5.73 Å². The number of allylic oxidation sites excluding steroid dienone is 1. The maximum atomic E-state index is 5.45. The fourth-order valence-corrected chi connectivity index (χ4v) is 1.85. The Hall–Kier alpha value is -0.380. The first-order chi connectivity index (χ1) is 7.74. The first-order valence-corrected chi connectivity index (χ1v) is 6.81. The largest absolute Gasteiger partial charge is 0.330 e. The molecule has 0 aliphatic rings. The highest BCUT2D eigenvalue weighted by atomic mass is 79.9. The van der Waals surface area contributed by atoms with E-state index in [1.807, 2.05) is 18.2 Å². The lowest BCUT2D eigenvalue weighted by atomic mass is 10.1. The molecule has 0 fully saturated rings. The summed E-state index contributed by atoms with van der Waals surface area (Å²) in [4.78, 5) is 0. The molecule has 0 atom stereocenters. The molecule has 86 valence electrons. The third kappa shape index (κ3) is 5.10. The van der Waals surface area contributed by atoms with Crippen molar-refractivity contribution < 1.29 is 0 Å². The van der Waals surface area contributed by atoms with Crippen LogP contribution in [0.2, 0.25) is 0 Å². The molecule has 0 spiro atoms. The monoisotopic (exact) mass is 343 g/mol. The Morgan fingerprint density at radius 1 is 1.19 bits per heavy atom. The van der Waals surface area contributed by atoms with E-state index in [1.165, 1.54) is 11.1 Å². The Bertz CT molecular complexity index is 379. The van der Waals surface area contributed by atoms with Gasteiger partial charge in [0.25, 0.3) is 0 Å². The molecule has 0 aliphatic carbocycles. The first-order valence-electron chi connectivity index (χ1n) is 5.22. The van der Waals surface area contributed by atoms with Crippen molar-refractivity contribution in [2.75, 3.05) is 6.54 Å². The number of halogens is 2. The highest BCUT2D eigenvalue weighted by molar-refractivity contribution is 9.28. The van der Waals surface area contributed by atoms with Gasteiger partial charge in [0.05, 0.1) is 3.39 Å². The number of unbranched alkanes of at least 4 members (excludes halogenated alkanes) is 1. The Morgan fingerprint density at radius 2 is 1.88 bits per heavy atom. The molecule has 0 aliphatic heterocycles. The molecular weight excluding hydrogens is 330 g/mol. The summed E-state index contributed by atoms with van der Waals surface area (Å²) in [7, 11) is 0. The lowest BCUT2D eigenvalue weighted by Gasteiger charge is -2.00. The average Bonchev–Trinajstić information content (AvgIpc) is 2.26. The molecule has 0 heterocycles. The van der Waals surface area contributed by atoms with Crippen molar-refractivity contribution in [2.45, 2.75) is 12.8 Å². The second-order valence-electron chi connectivity index (χ2n) is 3.40. The number of hydrogen-bond donors (Lipinski definition) is 1. The van der Waals surface area contributed by atoms with Gasteiger partial charge in [0.15, 0.2) is 0 Å². The van der Waals surface area contributed by atoms with Crippen molar-refractivity contribution in [1.82, 2.24) is 0 Å². The van der Waals surface area contributed by atoms with Crippen molar-refractivity contribution in [1.29, 1.82) is 0 Å². The Kier molecular flexibility index (Phi) is 6.69. The van der Waals surface area contributed by atoms with Crippen LogP contribution in [0.1, 0.15) is 24.0 Å². The van der Waals surface area contributed by atoms with Gasteiger partial charge >= 0.3 is 0 Å². The van der Waals surface area contributed by atoms with E-state index in [4.69, 9.17) is 5.73 Å². The van der Waals surface area contributed by atoms with Crippen LogP contribution in [0.4, 0.5) is 0 Å². The Morgan fingerprint density at radius 3 is 2.50 bits per heavy atom. The number of benzene rings is 1. The van der Waals surface area contributed by atoms with E-state index < -0.39 is 0 Å². The highest BCUT2D eigenvalue weighted by Crippen LogP contribution is 2.21. The number of nitrogens with two attached hydrogens (primary N) is 1. The van der Waals surface area contributed by atoms with Gasteiger partial charge in [-0.1, -0.05) is 36.4 Å². The summed E-state index contributed by atoms with van der Waals surface area (Å²) in [6.45, 7) is 0.749. The molecule has 1 nitrogen and oxygen atoms in total. The second kappa shape index (κ2) is 7.82. The molecule has 2 N–H and O–H groups in total. The molecular formula is C13H15Br2N. The maximum absolute atomic E-state index is 5.45. The summed E-state index contributed by atoms with van der Waals surface area (Å²) >= 11 is 6.75. The van der Waals surface area contributed by atoms with Gasteiger partial charge in [-0.3, -0.25) is 0 Å². The fraction of sp³-hybridized carbons (Fsp3) is 0.231. The van der Waals surface area contributed by atoms with Crippen LogP contribution in [-0.2, 0) is 0 Å². The van der Waals surface area contributed by atoms with E-state index in [-0.39, 0.29) is 0 Å². The minimum atomic E-state index is 0.749. The zero-order valence-electron chi connectivity index (χ0n) is 9.00. The van der Waals surface area contributed by atoms with Gasteiger partial charge in [0, 0.05) is 0 Å². The average molecular weight is 345 g/mol. The predicted octanol–water partition coefficient (Wildman–Crippen LogP) is 4.53. The zero-order valence-corrected chi connectivity index (χ0v) is 12.2. The van der Waals surface area contributed by atoms with Gasteiger partial charge < -0.3 is 5.73 Å². The predicted molar refractivity (Wildman–Crippen MR) is 79.6 cm³/mol. The standard InChI is InChI=1S/C13H15Br2N/c14-13(15)10-12-8-4-3-7-11(12)6-2-1-5-9-16/h2-4,6-8,10H,1,5,9,16H2. The molecule has 0 saturated carbocycles. The summed E-state index contributed by atoms with van der Waals surface area (Å²) in [5.41, 5.74) is 7.86. The van der Waals surface area contributed by atoms with Crippen molar-refractivity contribution in [2.24, 2.45) is 5.73 Å². The maximum Gasteiger partial charge on any atom is 0.0610 e. The van der Waals surface area contributed by atoms with Gasteiger partial charge in [-0.2, -0.15) is 0 Å². The molecule has 1 aromatic carbocycles. The lowest BCUT2D eigenvalue weighted by molar-refractivity contribution is 0.857. The first kappa shape index (κ1) is 13.7. The second-order valence-corrected chi connectivity index (χ2v) is 6.17. The van der Waals surface area contributed by atoms with Crippen LogP contribution in [0.25, 0.3) is 12.2 Å². The van der Waals surface area contributed by atoms with Crippen LogP contribution in [-0.4, -0.2) is 6.54 Å².